The van der Waals surface area contributed by atoms with Gasteiger partial charge in [-0.3, -0.25) is 0 Å². The Balaban J connectivity index is 1.87. The number of hydrogen-bond donors (Lipinski definition) is 1. The molecule has 0 aliphatic rings. The Kier molecular flexibility index (Phi) is 3.74. The van der Waals surface area contributed by atoms with Crippen molar-refractivity contribution < 1.29 is 0 Å². The van der Waals surface area contributed by atoms with Crippen molar-refractivity contribution in [3.8, 4) is 0 Å². The van der Waals surface area contributed by atoms with Gasteiger partial charge in [-0.15, -0.1) is 11.3 Å². The lowest BCUT2D eigenvalue weighted by Crippen LogP contribution is -2.15. The Hall–Kier alpha value is -1.13. The van der Waals surface area contributed by atoms with Crippen LogP contribution in [0.3, 0.4) is 0 Å². The average Bonchev–Trinajstić information content (AvgIpc) is 2.88. The molecule has 3 nitrogen and oxygen atoms in total. The lowest BCUT2D eigenvalue weighted by molar-refractivity contribution is 0.641. The van der Waals surface area contributed by atoms with Gasteiger partial charge in [-0.2, -0.15) is 0 Å². The topological polar surface area (TPSA) is 29.9 Å². The monoisotopic (exact) mass is 235 g/mol. The van der Waals surface area contributed by atoms with Crippen molar-refractivity contribution in [2.45, 2.75) is 26.4 Å². The lowest BCUT2D eigenvalue weighted by atomic mass is 10.2. The van der Waals surface area contributed by atoms with Crippen LogP contribution in [0.1, 0.15) is 23.2 Å². The normalized spacial score (nSPS) is 10.9. The largest absolute Gasteiger partial charge is 0.337 e. The highest BCUT2D eigenvalue weighted by Crippen LogP contribution is 2.16. The molecule has 86 valence electrons. The fraction of sp³-hybridized carbons (Fsp3) is 0.417. The summed E-state index contributed by atoms with van der Waals surface area (Å²) in [5.74, 6) is 1.08. The second-order valence-corrected chi connectivity index (χ2v) is 4.78. The zero-order chi connectivity index (χ0) is 11.4. The predicted octanol–water partition coefficient (Wildman–Crippen LogP) is 2.33. The lowest BCUT2D eigenvalue weighted by Gasteiger charge is -2.05. The fourth-order valence-electron chi connectivity index (χ4n) is 1.69. The molecule has 0 saturated heterocycles. The fourth-order valence-corrected chi connectivity index (χ4v) is 2.64. The average molecular weight is 235 g/mol. The van der Waals surface area contributed by atoms with Crippen LogP contribution in [0.5, 0.6) is 0 Å². The first-order valence-corrected chi connectivity index (χ1v) is 6.41. The molecule has 0 aromatic carbocycles. The maximum atomic E-state index is 4.28. The Morgan fingerprint density at radius 1 is 1.44 bits per heavy atom. The number of nitrogens with one attached hydrogen (secondary N) is 1. The van der Waals surface area contributed by atoms with Crippen molar-refractivity contribution in [1.29, 1.82) is 0 Å². The molecule has 2 aromatic heterocycles. The van der Waals surface area contributed by atoms with Crippen LogP contribution in [0.2, 0.25) is 0 Å². The zero-order valence-electron chi connectivity index (χ0n) is 9.73. The molecule has 4 heteroatoms. The second-order valence-electron chi connectivity index (χ2n) is 3.78. The van der Waals surface area contributed by atoms with E-state index in [2.05, 4.69) is 28.7 Å². The number of thiophene rings is 1. The van der Waals surface area contributed by atoms with Crippen LogP contribution in [0.4, 0.5) is 0 Å². The van der Waals surface area contributed by atoms with Crippen molar-refractivity contribution in [3.63, 3.8) is 0 Å². The Morgan fingerprint density at radius 2 is 2.31 bits per heavy atom. The highest BCUT2D eigenvalue weighted by atomic mass is 32.1. The summed E-state index contributed by atoms with van der Waals surface area (Å²) in [6, 6.07) is 2.21. The van der Waals surface area contributed by atoms with Crippen LogP contribution >= 0.6 is 11.3 Å². The molecule has 2 aromatic rings. The first-order valence-electron chi connectivity index (χ1n) is 5.53. The SMILES string of the molecule is CCc1ccsc1CNCc1nccn1C. The van der Waals surface area contributed by atoms with E-state index in [1.54, 1.807) is 0 Å². The molecule has 0 spiro atoms. The molecule has 0 radical (unpaired) electrons. The van der Waals surface area contributed by atoms with E-state index in [9.17, 15) is 0 Å². The van der Waals surface area contributed by atoms with E-state index in [0.717, 1.165) is 25.3 Å². The van der Waals surface area contributed by atoms with Crippen LogP contribution < -0.4 is 5.32 Å². The van der Waals surface area contributed by atoms with Gasteiger partial charge in [-0.25, -0.2) is 4.98 Å². The van der Waals surface area contributed by atoms with Crippen LogP contribution in [0.15, 0.2) is 23.8 Å². The highest BCUT2D eigenvalue weighted by molar-refractivity contribution is 7.10. The molecule has 2 rings (SSSR count). The van der Waals surface area contributed by atoms with Gasteiger partial charge in [0.25, 0.3) is 0 Å². The van der Waals surface area contributed by atoms with E-state index in [4.69, 9.17) is 0 Å². The van der Waals surface area contributed by atoms with Crippen molar-refractivity contribution in [1.82, 2.24) is 14.9 Å². The second kappa shape index (κ2) is 5.27. The molecular weight excluding hydrogens is 218 g/mol. The van der Waals surface area contributed by atoms with Crippen molar-refractivity contribution >= 4 is 11.3 Å². The molecule has 0 atom stereocenters. The van der Waals surface area contributed by atoms with Gasteiger partial charge in [0.1, 0.15) is 5.82 Å². The highest BCUT2D eigenvalue weighted by Gasteiger charge is 2.03. The molecule has 0 unspecified atom stereocenters. The summed E-state index contributed by atoms with van der Waals surface area (Å²) in [5.41, 5.74) is 1.46. The Morgan fingerprint density at radius 3 is 3.00 bits per heavy atom. The number of imidazole rings is 1. The van der Waals surface area contributed by atoms with Gasteiger partial charge in [-0.05, 0) is 23.4 Å². The maximum absolute atomic E-state index is 4.28. The standard InChI is InChI=1S/C12H17N3S/c1-3-10-4-7-16-11(10)8-13-9-12-14-5-6-15(12)2/h4-7,13H,3,8-9H2,1-2H3. The summed E-state index contributed by atoms with van der Waals surface area (Å²) in [5, 5.41) is 5.60. The van der Waals surface area contributed by atoms with Gasteiger partial charge in [0.05, 0.1) is 6.54 Å². The molecule has 0 aliphatic heterocycles. The third-order valence-electron chi connectivity index (χ3n) is 2.71. The summed E-state index contributed by atoms with van der Waals surface area (Å²) < 4.78 is 2.04. The number of rotatable bonds is 5. The number of nitrogens with zero attached hydrogens (tertiary/aromatic N) is 2. The van der Waals surface area contributed by atoms with E-state index in [1.165, 1.54) is 10.4 Å². The third-order valence-corrected chi connectivity index (χ3v) is 3.67. The van der Waals surface area contributed by atoms with Crippen molar-refractivity contribution in [2.24, 2.45) is 7.05 Å². The van der Waals surface area contributed by atoms with Crippen LogP contribution in [0, 0.1) is 0 Å². The molecule has 0 aliphatic carbocycles. The van der Waals surface area contributed by atoms with Crippen molar-refractivity contribution in [3.05, 3.63) is 40.1 Å². The van der Waals surface area contributed by atoms with Gasteiger partial charge in [0.15, 0.2) is 0 Å². The van der Waals surface area contributed by atoms with Gasteiger partial charge < -0.3 is 9.88 Å². The molecule has 0 fully saturated rings. The minimum Gasteiger partial charge on any atom is -0.337 e. The van der Waals surface area contributed by atoms with Crippen LogP contribution in [-0.2, 0) is 26.6 Å². The molecule has 0 amide bonds. The number of aromatic nitrogens is 2. The van der Waals surface area contributed by atoms with Crippen LogP contribution in [0.25, 0.3) is 0 Å². The molecular formula is C12H17N3S. The maximum Gasteiger partial charge on any atom is 0.122 e. The van der Waals surface area contributed by atoms with Crippen molar-refractivity contribution in [2.75, 3.05) is 0 Å². The summed E-state index contributed by atoms with van der Waals surface area (Å²) in [6.07, 6.45) is 4.92. The van der Waals surface area contributed by atoms with E-state index < -0.39 is 0 Å². The smallest absolute Gasteiger partial charge is 0.122 e. The van der Waals surface area contributed by atoms with Gasteiger partial charge in [0, 0.05) is 30.9 Å². The van der Waals surface area contributed by atoms with E-state index in [-0.39, 0.29) is 0 Å². The molecule has 0 saturated carbocycles. The van der Waals surface area contributed by atoms with E-state index >= 15 is 0 Å². The first-order chi connectivity index (χ1) is 7.81. The van der Waals surface area contributed by atoms with E-state index in [0.29, 0.717) is 0 Å². The first kappa shape index (κ1) is 11.4. The Bertz CT molecular complexity index is 445. The Labute approximate surface area is 100 Å². The summed E-state index contributed by atoms with van der Waals surface area (Å²) in [4.78, 5) is 5.72. The zero-order valence-corrected chi connectivity index (χ0v) is 10.5. The minimum atomic E-state index is 0.824. The molecule has 1 N–H and O–H groups in total. The van der Waals surface area contributed by atoms with Gasteiger partial charge in [0.2, 0.25) is 0 Å². The van der Waals surface area contributed by atoms with Gasteiger partial charge >= 0.3 is 0 Å². The number of aryl methyl sites for hydroxylation is 2. The van der Waals surface area contributed by atoms with Crippen LogP contribution in [-0.4, -0.2) is 9.55 Å². The quantitative estimate of drug-likeness (QED) is 0.862. The minimum absolute atomic E-state index is 0.824. The third kappa shape index (κ3) is 2.51. The van der Waals surface area contributed by atoms with E-state index in [1.807, 2.05) is 35.3 Å². The summed E-state index contributed by atoms with van der Waals surface area (Å²) in [7, 11) is 2.02. The molecule has 16 heavy (non-hydrogen) atoms. The summed E-state index contributed by atoms with van der Waals surface area (Å²) >= 11 is 1.83. The molecule has 2 heterocycles. The molecule has 0 bridgehead atoms. The van der Waals surface area contributed by atoms with Gasteiger partial charge in [-0.1, -0.05) is 6.92 Å². The summed E-state index contributed by atoms with van der Waals surface area (Å²) in [6.45, 7) is 3.96. The number of hydrogen-bond acceptors (Lipinski definition) is 3. The predicted molar refractivity (Wildman–Crippen MR) is 67.4 cm³/mol.